The maximum atomic E-state index is 11.3. The third-order valence-corrected chi connectivity index (χ3v) is 7.48. The van der Waals surface area contributed by atoms with Gasteiger partial charge in [0.25, 0.3) is 0 Å². The minimum Gasteiger partial charge on any atom is -0.478 e. The summed E-state index contributed by atoms with van der Waals surface area (Å²) in [5, 5.41) is 10.6. The first-order valence-corrected chi connectivity index (χ1v) is 11.6. The van der Waals surface area contributed by atoms with E-state index in [9.17, 15) is 9.90 Å². The van der Waals surface area contributed by atoms with Gasteiger partial charge >= 0.3 is 5.97 Å². The summed E-state index contributed by atoms with van der Waals surface area (Å²) in [6, 6.07) is 12.2. The first kappa shape index (κ1) is 20.8. The summed E-state index contributed by atoms with van der Waals surface area (Å²) >= 11 is 0. The van der Waals surface area contributed by atoms with E-state index in [1.807, 2.05) is 18.3 Å². The van der Waals surface area contributed by atoms with Gasteiger partial charge in [-0.15, -0.1) is 12.3 Å². The van der Waals surface area contributed by atoms with Crippen LogP contribution in [0.2, 0.25) is 0 Å². The van der Waals surface area contributed by atoms with Crippen molar-refractivity contribution in [2.24, 2.45) is 11.8 Å². The third-order valence-electron chi connectivity index (χ3n) is 7.48. The van der Waals surface area contributed by atoms with Gasteiger partial charge in [0.05, 0.1) is 5.56 Å². The maximum Gasteiger partial charge on any atom is 0.335 e. The number of aromatic carboxylic acids is 1. The van der Waals surface area contributed by atoms with Crippen LogP contribution in [0.25, 0.3) is 10.9 Å². The average Bonchev–Trinajstić information content (AvgIpc) is 3.52. The van der Waals surface area contributed by atoms with Crippen molar-refractivity contribution >= 4 is 16.9 Å². The molecule has 0 bridgehead atoms. The number of H-pyrrole nitrogens is 1. The molecular formula is C28H30N2O2. The molecule has 1 aromatic heterocycles. The van der Waals surface area contributed by atoms with Crippen molar-refractivity contribution in [2.45, 2.75) is 51.6 Å². The molecule has 0 amide bonds. The lowest BCUT2D eigenvalue weighted by molar-refractivity contribution is 0.0696. The Morgan fingerprint density at radius 1 is 1.19 bits per heavy atom. The lowest BCUT2D eigenvalue weighted by atomic mass is 9.83. The van der Waals surface area contributed by atoms with Crippen molar-refractivity contribution < 1.29 is 9.90 Å². The molecule has 2 aromatic carbocycles. The van der Waals surface area contributed by atoms with Gasteiger partial charge in [-0.3, -0.25) is 4.90 Å². The predicted molar refractivity (Wildman–Crippen MR) is 128 cm³/mol. The zero-order valence-corrected chi connectivity index (χ0v) is 18.6. The second kappa shape index (κ2) is 8.48. The van der Waals surface area contributed by atoms with Gasteiger partial charge in [0.2, 0.25) is 0 Å². The Labute approximate surface area is 189 Å². The number of nitrogens with one attached hydrogen (secondary N) is 1. The Bertz CT molecular complexity index is 1180. The van der Waals surface area contributed by atoms with Crippen molar-refractivity contribution in [2.75, 3.05) is 6.54 Å². The number of aromatic amines is 1. The molecule has 0 radical (unpaired) electrons. The molecule has 1 saturated heterocycles. The van der Waals surface area contributed by atoms with E-state index >= 15 is 0 Å². The molecule has 164 valence electrons. The number of terminal acetylenes is 1. The molecule has 0 spiro atoms. The van der Waals surface area contributed by atoms with Gasteiger partial charge in [-0.2, -0.15) is 0 Å². The molecule has 0 unspecified atom stereocenters. The van der Waals surface area contributed by atoms with Crippen LogP contribution in [-0.2, 0) is 13.0 Å². The number of benzene rings is 2. The summed E-state index contributed by atoms with van der Waals surface area (Å²) in [7, 11) is 0. The molecule has 1 aliphatic heterocycles. The van der Waals surface area contributed by atoms with Crippen molar-refractivity contribution in [3.63, 3.8) is 0 Å². The molecule has 2 N–H and O–H groups in total. The van der Waals surface area contributed by atoms with E-state index in [0.29, 0.717) is 18.0 Å². The molecular weight excluding hydrogens is 396 g/mol. The molecule has 2 aliphatic rings. The fourth-order valence-electron chi connectivity index (χ4n) is 5.62. The second-order valence-corrected chi connectivity index (χ2v) is 9.51. The summed E-state index contributed by atoms with van der Waals surface area (Å²) in [5.74, 6) is 3.63. The number of likely N-dealkylation sites (tertiary alicyclic amines) is 1. The number of nitrogens with zero attached hydrogens (tertiary/aromatic N) is 1. The highest BCUT2D eigenvalue weighted by Crippen LogP contribution is 2.47. The quantitative estimate of drug-likeness (QED) is 0.496. The van der Waals surface area contributed by atoms with Crippen LogP contribution in [0.4, 0.5) is 0 Å². The summed E-state index contributed by atoms with van der Waals surface area (Å²) in [4.78, 5) is 17.3. The number of hydrogen-bond acceptors (Lipinski definition) is 2. The highest BCUT2D eigenvalue weighted by molar-refractivity contribution is 5.88. The standard InChI is InChI=1S/C28H30N2O2/c1-3-4-23-15-18(2)27-24(11-13-29-27)25(23)17-30-14-12-22(19-5-6-19)16-26(30)20-7-9-21(10-8-20)28(31)32/h1,7-11,13,15,19,22,26,29H,4-6,12,14,16-17H2,2H3,(H,31,32)/t22-,26-/m0/s1. The van der Waals surface area contributed by atoms with E-state index in [0.717, 1.165) is 31.3 Å². The van der Waals surface area contributed by atoms with Gasteiger partial charge in [0.15, 0.2) is 0 Å². The molecule has 1 aliphatic carbocycles. The van der Waals surface area contributed by atoms with Crippen LogP contribution in [0.3, 0.4) is 0 Å². The van der Waals surface area contributed by atoms with E-state index in [2.05, 4.69) is 34.9 Å². The number of hydrogen-bond donors (Lipinski definition) is 2. The summed E-state index contributed by atoms with van der Waals surface area (Å²) < 4.78 is 0. The van der Waals surface area contributed by atoms with Crippen molar-refractivity contribution in [3.05, 3.63) is 70.4 Å². The minimum atomic E-state index is -0.874. The Morgan fingerprint density at radius 3 is 2.66 bits per heavy atom. The molecule has 3 aromatic rings. The Kier molecular flexibility index (Phi) is 5.53. The van der Waals surface area contributed by atoms with Crippen LogP contribution in [0.5, 0.6) is 0 Å². The van der Waals surface area contributed by atoms with Crippen LogP contribution in [-0.4, -0.2) is 27.5 Å². The highest BCUT2D eigenvalue weighted by atomic mass is 16.4. The molecule has 4 nitrogen and oxygen atoms in total. The van der Waals surface area contributed by atoms with Gasteiger partial charge in [0, 0.05) is 36.1 Å². The fourth-order valence-corrected chi connectivity index (χ4v) is 5.62. The van der Waals surface area contributed by atoms with E-state index in [1.54, 1.807) is 12.1 Å². The Morgan fingerprint density at radius 2 is 1.97 bits per heavy atom. The van der Waals surface area contributed by atoms with Crippen LogP contribution < -0.4 is 0 Å². The lowest BCUT2D eigenvalue weighted by Crippen LogP contribution is -2.37. The Balaban J connectivity index is 1.50. The molecule has 2 fully saturated rings. The number of fused-ring (bicyclic) bond motifs is 1. The topological polar surface area (TPSA) is 56.3 Å². The third kappa shape index (κ3) is 3.94. The lowest BCUT2D eigenvalue weighted by Gasteiger charge is -2.40. The van der Waals surface area contributed by atoms with Crippen LogP contribution in [0, 0.1) is 31.1 Å². The van der Waals surface area contributed by atoms with Gasteiger partial charge < -0.3 is 10.1 Å². The first-order chi connectivity index (χ1) is 15.5. The smallest absolute Gasteiger partial charge is 0.335 e. The molecule has 1 saturated carbocycles. The van der Waals surface area contributed by atoms with Crippen molar-refractivity contribution in [1.29, 1.82) is 0 Å². The number of piperidine rings is 1. The Hall–Kier alpha value is -3.03. The number of aryl methyl sites for hydroxylation is 1. The summed E-state index contributed by atoms with van der Waals surface area (Å²) in [6.07, 6.45) is 13.5. The fraction of sp³-hybridized carbons (Fsp3) is 0.393. The normalized spacial score (nSPS) is 21.5. The second-order valence-electron chi connectivity index (χ2n) is 9.51. The molecule has 2 atom stereocenters. The number of carboxylic acids is 1. The van der Waals surface area contributed by atoms with E-state index in [-0.39, 0.29) is 0 Å². The van der Waals surface area contributed by atoms with Gasteiger partial charge in [-0.05, 0) is 91.4 Å². The van der Waals surface area contributed by atoms with Gasteiger partial charge in [0.1, 0.15) is 0 Å². The van der Waals surface area contributed by atoms with E-state index in [1.165, 1.54) is 52.4 Å². The average molecular weight is 427 g/mol. The molecule has 5 rings (SSSR count). The van der Waals surface area contributed by atoms with Crippen LogP contribution in [0.1, 0.15) is 64.3 Å². The molecule has 32 heavy (non-hydrogen) atoms. The molecule has 2 heterocycles. The van der Waals surface area contributed by atoms with Crippen molar-refractivity contribution in [1.82, 2.24) is 9.88 Å². The highest BCUT2D eigenvalue weighted by Gasteiger charge is 2.38. The van der Waals surface area contributed by atoms with E-state index in [4.69, 9.17) is 6.42 Å². The molecule has 4 heteroatoms. The van der Waals surface area contributed by atoms with Gasteiger partial charge in [-0.25, -0.2) is 4.79 Å². The maximum absolute atomic E-state index is 11.3. The zero-order chi connectivity index (χ0) is 22.2. The SMILES string of the molecule is C#CCc1cc(C)c2[nH]ccc2c1CN1CC[C@H](C2CC2)C[C@H]1c1ccc(C(=O)O)cc1. The minimum absolute atomic E-state index is 0.297. The zero-order valence-electron chi connectivity index (χ0n) is 18.6. The summed E-state index contributed by atoms with van der Waals surface area (Å²) in [5.41, 5.74) is 6.54. The monoisotopic (exact) mass is 426 g/mol. The number of carboxylic acid groups (broad SMARTS) is 1. The van der Waals surface area contributed by atoms with Crippen LogP contribution >= 0.6 is 0 Å². The van der Waals surface area contributed by atoms with E-state index < -0.39 is 5.97 Å². The predicted octanol–water partition coefficient (Wildman–Crippen LogP) is 5.71. The number of rotatable bonds is 6. The summed E-state index contributed by atoms with van der Waals surface area (Å²) in [6.45, 7) is 4.05. The largest absolute Gasteiger partial charge is 0.478 e. The number of carbonyl (C=O) groups is 1. The first-order valence-electron chi connectivity index (χ1n) is 11.6. The van der Waals surface area contributed by atoms with Crippen LogP contribution in [0.15, 0.2) is 42.6 Å². The van der Waals surface area contributed by atoms with Crippen molar-refractivity contribution in [3.8, 4) is 12.3 Å². The van der Waals surface area contributed by atoms with Gasteiger partial charge in [-0.1, -0.05) is 18.2 Å². The number of aromatic nitrogens is 1.